The molecular weight excluding hydrogens is 671 g/mol. The van der Waals surface area contributed by atoms with Crippen molar-refractivity contribution in [3.05, 3.63) is 56.7 Å². The van der Waals surface area contributed by atoms with Gasteiger partial charge in [0.25, 0.3) is 0 Å². The Bertz CT molecular complexity index is 1290. The fourth-order valence-corrected chi connectivity index (χ4v) is 5.84. The highest BCUT2D eigenvalue weighted by Crippen LogP contribution is 2.37. The normalized spacial score (nSPS) is 18.0. The van der Waals surface area contributed by atoms with E-state index in [-0.39, 0.29) is 45.1 Å². The Kier molecular flexibility index (Phi) is 13.4. The van der Waals surface area contributed by atoms with Crippen LogP contribution in [0.25, 0.3) is 0 Å². The number of ether oxygens (including phenoxy) is 4. The molecule has 11 nitrogen and oxygen atoms in total. The standard InChI is InChI=1S/C31H41IN2O9/c1-5-6-28(37)34(11-9-20-15-22(40-2)7-8-25(20)41-3)24-16-21(31(39)33-10-12-35)17-26(29(24)38)43-30-23(32)13-19(18-36)14-27(30)42-4/h7-8,13-15,17,24,26,29,35-36,38H,5-6,9-12,16,18H2,1-4H3,(H,33,39). The minimum Gasteiger partial charge on any atom is -0.497 e. The number of carbonyl (C=O) groups is 2. The van der Waals surface area contributed by atoms with Crippen LogP contribution in [0.2, 0.25) is 0 Å². The smallest absolute Gasteiger partial charge is 0.247 e. The lowest BCUT2D eigenvalue weighted by molar-refractivity contribution is -0.138. The van der Waals surface area contributed by atoms with Crippen molar-refractivity contribution in [3.8, 4) is 23.0 Å². The molecule has 12 heteroatoms. The topological polar surface area (TPSA) is 147 Å². The van der Waals surface area contributed by atoms with Gasteiger partial charge in [-0.2, -0.15) is 0 Å². The van der Waals surface area contributed by atoms with E-state index in [9.17, 15) is 24.9 Å². The lowest BCUT2D eigenvalue weighted by Crippen LogP contribution is -2.55. The SMILES string of the molecule is CCCC(=O)N(CCc1cc(OC)ccc1OC)C1CC(C(=O)NCCO)=CC(Oc2c(I)cc(CO)cc2OC)C1O. The van der Waals surface area contributed by atoms with Crippen LogP contribution in [0, 0.1) is 3.57 Å². The van der Waals surface area contributed by atoms with E-state index in [2.05, 4.69) is 27.9 Å². The number of aliphatic hydroxyl groups is 3. The summed E-state index contributed by atoms with van der Waals surface area (Å²) in [6.07, 6.45) is 0.701. The Morgan fingerprint density at radius 1 is 1.07 bits per heavy atom. The van der Waals surface area contributed by atoms with Gasteiger partial charge in [0.2, 0.25) is 11.8 Å². The van der Waals surface area contributed by atoms with Gasteiger partial charge < -0.3 is 44.5 Å². The van der Waals surface area contributed by atoms with Gasteiger partial charge in [0.1, 0.15) is 23.7 Å². The summed E-state index contributed by atoms with van der Waals surface area (Å²) in [5.41, 5.74) is 1.77. The summed E-state index contributed by atoms with van der Waals surface area (Å²) in [6, 6.07) is 8.03. The summed E-state index contributed by atoms with van der Waals surface area (Å²) < 4.78 is 23.4. The van der Waals surface area contributed by atoms with Crippen molar-refractivity contribution in [1.82, 2.24) is 10.2 Å². The Morgan fingerprint density at radius 3 is 2.44 bits per heavy atom. The molecule has 0 saturated heterocycles. The number of nitrogens with zero attached hydrogens (tertiary/aromatic N) is 1. The summed E-state index contributed by atoms with van der Waals surface area (Å²) in [4.78, 5) is 28.3. The zero-order valence-electron chi connectivity index (χ0n) is 25.0. The van der Waals surface area contributed by atoms with Gasteiger partial charge in [-0.3, -0.25) is 9.59 Å². The quantitative estimate of drug-likeness (QED) is 0.205. The average Bonchev–Trinajstić information content (AvgIpc) is 3.01. The maximum absolute atomic E-state index is 13.5. The molecule has 2 aromatic rings. The molecule has 43 heavy (non-hydrogen) atoms. The first-order valence-corrected chi connectivity index (χ1v) is 15.2. The largest absolute Gasteiger partial charge is 0.497 e. The van der Waals surface area contributed by atoms with Gasteiger partial charge in [-0.05, 0) is 83.0 Å². The predicted molar refractivity (Wildman–Crippen MR) is 169 cm³/mol. The zero-order chi connectivity index (χ0) is 31.5. The summed E-state index contributed by atoms with van der Waals surface area (Å²) in [5, 5.41) is 33.3. The highest BCUT2D eigenvalue weighted by Gasteiger charge is 2.40. The lowest BCUT2D eigenvalue weighted by atomic mass is 9.87. The molecule has 0 radical (unpaired) electrons. The second kappa shape index (κ2) is 16.7. The van der Waals surface area contributed by atoms with E-state index in [0.29, 0.717) is 50.5 Å². The van der Waals surface area contributed by atoms with Gasteiger partial charge in [0.15, 0.2) is 11.5 Å². The number of hydrogen-bond donors (Lipinski definition) is 4. The van der Waals surface area contributed by atoms with E-state index in [4.69, 9.17) is 18.9 Å². The van der Waals surface area contributed by atoms with Crippen LogP contribution in [0.4, 0.5) is 0 Å². The van der Waals surface area contributed by atoms with Gasteiger partial charge >= 0.3 is 0 Å². The van der Waals surface area contributed by atoms with Gasteiger partial charge in [-0.25, -0.2) is 0 Å². The molecule has 2 aromatic carbocycles. The van der Waals surface area contributed by atoms with Crippen molar-refractivity contribution in [2.45, 2.75) is 57.5 Å². The molecule has 0 aromatic heterocycles. The minimum absolute atomic E-state index is 0.0530. The van der Waals surface area contributed by atoms with Gasteiger partial charge in [0, 0.05) is 31.5 Å². The maximum atomic E-state index is 13.5. The van der Waals surface area contributed by atoms with Gasteiger partial charge in [0.05, 0.1) is 44.2 Å². The molecule has 0 aliphatic heterocycles. The molecule has 3 unspecified atom stereocenters. The summed E-state index contributed by atoms with van der Waals surface area (Å²) in [5.74, 6) is 1.40. The number of hydrogen-bond acceptors (Lipinski definition) is 9. The van der Waals surface area contributed by atoms with Crippen LogP contribution < -0.4 is 24.3 Å². The first-order chi connectivity index (χ1) is 20.7. The maximum Gasteiger partial charge on any atom is 0.247 e. The van der Waals surface area contributed by atoms with Crippen molar-refractivity contribution >= 4 is 34.4 Å². The van der Waals surface area contributed by atoms with Gasteiger partial charge in [-0.15, -0.1) is 0 Å². The van der Waals surface area contributed by atoms with Crippen LogP contribution in [0.1, 0.15) is 37.3 Å². The number of carbonyl (C=O) groups excluding carboxylic acids is 2. The number of amides is 2. The van der Waals surface area contributed by atoms with E-state index < -0.39 is 24.2 Å². The predicted octanol–water partition coefficient (Wildman–Crippen LogP) is 2.60. The molecule has 0 bridgehead atoms. The molecular formula is C31H41IN2O9. The first-order valence-electron chi connectivity index (χ1n) is 14.1. The first kappa shape index (κ1) is 34.4. The Morgan fingerprint density at radius 2 is 1.81 bits per heavy atom. The van der Waals surface area contributed by atoms with E-state index in [1.54, 1.807) is 49.5 Å². The van der Waals surface area contributed by atoms with Crippen molar-refractivity contribution < 1.29 is 43.9 Å². The molecule has 4 N–H and O–H groups in total. The van der Waals surface area contributed by atoms with Crippen LogP contribution in [0.5, 0.6) is 23.0 Å². The van der Waals surface area contributed by atoms with Crippen molar-refractivity contribution in [3.63, 3.8) is 0 Å². The summed E-state index contributed by atoms with van der Waals surface area (Å²) >= 11 is 2.06. The molecule has 0 heterocycles. The Labute approximate surface area is 265 Å². The zero-order valence-corrected chi connectivity index (χ0v) is 27.1. The van der Waals surface area contributed by atoms with Crippen LogP contribution in [-0.2, 0) is 22.6 Å². The monoisotopic (exact) mass is 712 g/mol. The van der Waals surface area contributed by atoms with Crippen molar-refractivity contribution in [2.24, 2.45) is 0 Å². The average molecular weight is 713 g/mol. The molecule has 3 atom stereocenters. The fraction of sp³-hybridized carbons (Fsp3) is 0.484. The molecule has 3 rings (SSSR count). The Balaban J connectivity index is 2.01. The van der Waals surface area contributed by atoms with Crippen LogP contribution in [-0.4, -0.2) is 91.3 Å². The van der Waals surface area contributed by atoms with E-state index in [1.807, 2.05) is 13.0 Å². The third-order valence-electron chi connectivity index (χ3n) is 7.23. The molecule has 2 amide bonds. The molecule has 1 aliphatic carbocycles. The molecule has 0 fully saturated rings. The minimum atomic E-state index is -1.19. The lowest BCUT2D eigenvalue weighted by Gasteiger charge is -2.41. The third kappa shape index (κ3) is 8.74. The van der Waals surface area contributed by atoms with E-state index in [0.717, 1.165) is 5.56 Å². The number of halogens is 1. The number of nitrogens with one attached hydrogen (secondary N) is 1. The fourth-order valence-electron chi connectivity index (χ4n) is 5.05. The third-order valence-corrected chi connectivity index (χ3v) is 8.04. The van der Waals surface area contributed by atoms with Crippen molar-refractivity contribution in [2.75, 3.05) is 41.0 Å². The number of benzene rings is 2. The highest BCUT2D eigenvalue weighted by molar-refractivity contribution is 14.1. The van der Waals surface area contributed by atoms with Crippen molar-refractivity contribution in [1.29, 1.82) is 0 Å². The molecule has 1 aliphatic rings. The summed E-state index contributed by atoms with van der Waals surface area (Å²) in [7, 11) is 4.62. The van der Waals surface area contributed by atoms with E-state index in [1.165, 1.54) is 7.11 Å². The second-order valence-electron chi connectivity index (χ2n) is 10.0. The van der Waals surface area contributed by atoms with Gasteiger partial charge in [-0.1, -0.05) is 6.92 Å². The summed E-state index contributed by atoms with van der Waals surface area (Å²) in [6.45, 7) is 1.78. The Hall–Kier alpha value is -3.07. The molecule has 236 valence electrons. The second-order valence-corrected chi connectivity index (χ2v) is 11.2. The van der Waals surface area contributed by atoms with E-state index >= 15 is 0 Å². The number of methoxy groups -OCH3 is 3. The number of rotatable bonds is 15. The molecule has 0 spiro atoms. The highest BCUT2D eigenvalue weighted by atomic mass is 127. The van der Waals surface area contributed by atoms with Crippen LogP contribution in [0.3, 0.4) is 0 Å². The molecule has 0 saturated carbocycles. The number of aliphatic hydroxyl groups excluding tert-OH is 3. The van der Waals surface area contributed by atoms with Crippen LogP contribution >= 0.6 is 22.6 Å². The van der Waals surface area contributed by atoms with Crippen LogP contribution in [0.15, 0.2) is 42.0 Å².